The molecule has 2 aromatic rings. The maximum Gasteiger partial charge on any atom is 0.172 e. The molecule has 0 aliphatic rings. The first-order valence-electron chi connectivity index (χ1n) is 6.01. The number of thiocarbonyl (C=S) groups is 1. The van der Waals surface area contributed by atoms with Crippen molar-refractivity contribution in [2.45, 2.75) is 6.54 Å². The Morgan fingerprint density at radius 3 is 2.84 bits per heavy atom. The Hall–Kier alpha value is -2.14. The highest BCUT2D eigenvalue weighted by atomic mass is 32.1. The molecule has 4 nitrogen and oxygen atoms in total. The number of benzene rings is 1. The minimum absolute atomic E-state index is 0.546. The maximum atomic E-state index is 5.12. The van der Waals surface area contributed by atoms with Gasteiger partial charge in [-0.1, -0.05) is 36.4 Å². The first-order valence-corrected chi connectivity index (χ1v) is 6.42. The molecule has 1 aromatic carbocycles. The Kier molecular flexibility index (Phi) is 4.69. The Morgan fingerprint density at radius 2 is 2.11 bits per heavy atom. The van der Waals surface area contributed by atoms with E-state index in [9.17, 15) is 0 Å². The van der Waals surface area contributed by atoms with Gasteiger partial charge in [0.15, 0.2) is 10.9 Å². The van der Waals surface area contributed by atoms with Gasteiger partial charge in [-0.05, 0) is 17.8 Å². The molecule has 0 aliphatic carbocycles. The van der Waals surface area contributed by atoms with Crippen LogP contribution in [0.2, 0.25) is 0 Å². The number of hydrogen-bond donors (Lipinski definition) is 2. The minimum atomic E-state index is 0.546. The fourth-order valence-electron chi connectivity index (χ4n) is 1.61. The van der Waals surface area contributed by atoms with Gasteiger partial charge in [0, 0.05) is 18.8 Å². The Labute approximate surface area is 118 Å². The third kappa shape index (κ3) is 4.22. The smallest absolute Gasteiger partial charge is 0.172 e. The lowest BCUT2D eigenvalue weighted by Crippen LogP contribution is -2.28. The van der Waals surface area contributed by atoms with Crippen LogP contribution in [0.15, 0.2) is 55.3 Å². The average molecular weight is 272 g/mol. The second kappa shape index (κ2) is 6.70. The average Bonchev–Trinajstić information content (AvgIpc) is 2.85. The molecule has 5 heteroatoms. The lowest BCUT2D eigenvalue weighted by atomic mass is 10.2. The van der Waals surface area contributed by atoms with Crippen LogP contribution >= 0.6 is 12.2 Å². The SMILES string of the molecule is C=CCNC(=S)Nc1ccn(Cc2ccccc2)n1. The molecule has 0 unspecified atom stereocenters. The second-order valence-corrected chi connectivity index (χ2v) is 4.42. The van der Waals surface area contributed by atoms with Gasteiger partial charge in [0.2, 0.25) is 0 Å². The van der Waals surface area contributed by atoms with Crippen LogP contribution < -0.4 is 10.6 Å². The van der Waals surface area contributed by atoms with Gasteiger partial charge in [-0.25, -0.2) is 0 Å². The van der Waals surface area contributed by atoms with Gasteiger partial charge in [0.1, 0.15) is 0 Å². The van der Waals surface area contributed by atoms with Crippen molar-refractivity contribution >= 4 is 23.1 Å². The van der Waals surface area contributed by atoms with E-state index in [0.717, 1.165) is 12.4 Å². The zero-order valence-corrected chi connectivity index (χ0v) is 11.4. The number of nitrogens with one attached hydrogen (secondary N) is 2. The van der Waals surface area contributed by atoms with Crippen LogP contribution in [0.5, 0.6) is 0 Å². The third-order valence-electron chi connectivity index (χ3n) is 2.48. The molecule has 0 atom stereocenters. The van der Waals surface area contributed by atoms with Crippen molar-refractivity contribution in [3.63, 3.8) is 0 Å². The molecule has 0 spiro atoms. The highest BCUT2D eigenvalue weighted by molar-refractivity contribution is 7.80. The Morgan fingerprint density at radius 1 is 1.32 bits per heavy atom. The molecule has 2 rings (SSSR count). The zero-order valence-electron chi connectivity index (χ0n) is 10.5. The monoisotopic (exact) mass is 272 g/mol. The van der Waals surface area contributed by atoms with Gasteiger partial charge in [0.25, 0.3) is 0 Å². The van der Waals surface area contributed by atoms with E-state index in [4.69, 9.17) is 12.2 Å². The number of aromatic nitrogens is 2. The molecule has 98 valence electrons. The van der Waals surface area contributed by atoms with E-state index in [2.05, 4.69) is 34.4 Å². The molecule has 0 saturated heterocycles. The minimum Gasteiger partial charge on any atom is -0.359 e. The first kappa shape index (κ1) is 13.3. The summed E-state index contributed by atoms with van der Waals surface area (Å²) in [6.45, 7) is 5.00. The summed E-state index contributed by atoms with van der Waals surface area (Å²) in [6.07, 6.45) is 3.67. The predicted octanol–water partition coefficient (Wildman–Crippen LogP) is 2.40. The fraction of sp³-hybridized carbons (Fsp3) is 0.143. The largest absolute Gasteiger partial charge is 0.359 e. The van der Waals surface area contributed by atoms with E-state index in [0.29, 0.717) is 11.7 Å². The molecule has 19 heavy (non-hydrogen) atoms. The molecule has 0 aliphatic heterocycles. The molecule has 0 radical (unpaired) electrons. The molecule has 1 aromatic heterocycles. The zero-order chi connectivity index (χ0) is 13.5. The predicted molar refractivity (Wildman–Crippen MR) is 82.2 cm³/mol. The molecule has 1 heterocycles. The first-order chi connectivity index (χ1) is 9.28. The number of rotatable bonds is 5. The van der Waals surface area contributed by atoms with Gasteiger partial charge >= 0.3 is 0 Å². The molecule has 0 amide bonds. The third-order valence-corrected chi connectivity index (χ3v) is 2.72. The standard InChI is InChI=1S/C14H16N4S/c1-2-9-15-14(19)16-13-8-10-18(17-13)11-12-6-4-3-5-7-12/h2-8,10H,1,9,11H2,(H2,15,16,17,19). The van der Waals surface area contributed by atoms with Crippen molar-refractivity contribution in [3.8, 4) is 0 Å². The fourth-order valence-corrected chi connectivity index (χ4v) is 1.80. The molecule has 0 saturated carbocycles. The molecular weight excluding hydrogens is 256 g/mol. The van der Waals surface area contributed by atoms with Crippen LogP contribution in [0.3, 0.4) is 0 Å². The van der Waals surface area contributed by atoms with E-state index in [1.807, 2.05) is 35.1 Å². The summed E-state index contributed by atoms with van der Waals surface area (Å²) in [5.74, 6) is 0.734. The summed E-state index contributed by atoms with van der Waals surface area (Å²) in [5, 5.41) is 11.0. The van der Waals surface area contributed by atoms with E-state index in [1.54, 1.807) is 6.08 Å². The highest BCUT2D eigenvalue weighted by Gasteiger charge is 2.01. The molecule has 0 bridgehead atoms. The van der Waals surface area contributed by atoms with Crippen molar-refractivity contribution in [3.05, 3.63) is 60.8 Å². The van der Waals surface area contributed by atoms with Gasteiger partial charge < -0.3 is 10.6 Å². The van der Waals surface area contributed by atoms with Crippen molar-refractivity contribution in [2.24, 2.45) is 0 Å². The van der Waals surface area contributed by atoms with Crippen molar-refractivity contribution < 1.29 is 0 Å². The second-order valence-electron chi connectivity index (χ2n) is 4.01. The van der Waals surface area contributed by atoms with Gasteiger partial charge in [-0.2, -0.15) is 5.10 Å². The van der Waals surface area contributed by atoms with E-state index >= 15 is 0 Å². The van der Waals surface area contributed by atoms with Crippen LogP contribution in [-0.4, -0.2) is 21.4 Å². The van der Waals surface area contributed by atoms with Crippen LogP contribution in [0.1, 0.15) is 5.56 Å². The summed E-state index contributed by atoms with van der Waals surface area (Å²) in [7, 11) is 0. The number of anilines is 1. The lowest BCUT2D eigenvalue weighted by Gasteiger charge is -2.06. The summed E-state index contributed by atoms with van der Waals surface area (Å²) in [4.78, 5) is 0. The topological polar surface area (TPSA) is 41.9 Å². The number of hydrogen-bond acceptors (Lipinski definition) is 2. The normalized spacial score (nSPS) is 9.89. The van der Waals surface area contributed by atoms with Gasteiger partial charge in [0.05, 0.1) is 6.54 Å². The highest BCUT2D eigenvalue weighted by Crippen LogP contribution is 2.06. The summed E-state index contributed by atoms with van der Waals surface area (Å²) in [5.41, 5.74) is 1.21. The quantitative estimate of drug-likeness (QED) is 0.648. The van der Waals surface area contributed by atoms with Crippen molar-refractivity contribution in [1.82, 2.24) is 15.1 Å². The van der Waals surface area contributed by atoms with E-state index in [-0.39, 0.29) is 0 Å². The van der Waals surface area contributed by atoms with Gasteiger partial charge in [-0.15, -0.1) is 6.58 Å². The van der Waals surface area contributed by atoms with Crippen LogP contribution in [0.4, 0.5) is 5.82 Å². The Balaban J connectivity index is 1.92. The van der Waals surface area contributed by atoms with Crippen LogP contribution in [0.25, 0.3) is 0 Å². The van der Waals surface area contributed by atoms with Crippen molar-refractivity contribution in [2.75, 3.05) is 11.9 Å². The molecular formula is C14H16N4S. The maximum absolute atomic E-state index is 5.12. The Bertz CT molecular complexity index is 548. The van der Waals surface area contributed by atoms with Gasteiger partial charge in [-0.3, -0.25) is 4.68 Å². The van der Waals surface area contributed by atoms with Crippen molar-refractivity contribution in [1.29, 1.82) is 0 Å². The lowest BCUT2D eigenvalue weighted by molar-refractivity contribution is 0.690. The summed E-state index contributed by atoms with van der Waals surface area (Å²) < 4.78 is 1.87. The van der Waals surface area contributed by atoms with E-state index < -0.39 is 0 Å². The summed E-state index contributed by atoms with van der Waals surface area (Å²) in [6, 6.07) is 12.1. The summed E-state index contributed by atoms with van der Waals surface area (Å²) >= 11 is 5.12. The molecule has 2 N–H and O–H groups in total. The van der Waals surface area contributed by atoms with Crippen LogP contribution in [0, 0.1) is 0 Å². The van der Waals surface area contributed by atoms with Crippen LogP contribution in [-0.2, 0) is 6.54 Å². The molecule has 0 fully saturated rings. The number of nitrogens with zero attached hydrogens (tertiary/aromatic N) is 2. The van der Waals surface area contributed by atoms with E-state index in [1.165, 1.54) is 5.56 Å².